The topological polar surface area (TPSA) is 96.4 Å². The Morgan fingerprint density at radius 3 is 2.42 bits per heavy atom. The van der Waals surface area contributed by atoms with Crippen LogP contribution in [0.3, 0.4) is 0 Å². The number of carbonyl (C=O) groups is 3. The molecule has 2 aromatic rings. The van der Waals surface area contributed by atoms with Gasteiger partial charge in [-0.25, -0.2) is 4.39 Å². The van der Waals surface area contributed by atoms with Gasteiger partial charge < -0.3 is 10.4 Å². The first-order chi connectivity index (χ1) is 20.4. The van der Waals surface area contributed by atoms with Gasteiger partial charge in [-0.2, -0.15) is 11.8 Å². The average Bonchev–Trinajstić information content (AvgIpc) is 3.01. The first-order valence-corrected chi connectivity index (χ1v) is 16.8. The van der Waals surface area contributed by atoms with Gasteiger partial charge in [0.1, 0.15) is 11.6 Å². The van der Waals surface area contributed by atoms with Crippen LogP contribution < -0.4 is 5.32 Å². The predicted molar refractivity (Wildman–Crippen MR) is 168 cm³/mol. The van der Waals surface area contributed by atoms with E-state index in [0.717, 1.165) is 41.7 Å². The Morgan fingerprint density at radius 1 is 1.05 bits per heavy atom. The Kier molecular flexibility index (Phi) is 9.45. The summed E-state index contributed by atoms with van der Waals surface area (Å²) in [5.41, 5.74) is 2.81. The molecule has 0 spiro atoms. The van der Waals surface area contributed by atoms with Crippen LogP contribution in [0, 0.1) is 30.5 Å². The van der Waals surface area contributed by atoms with Gasteiger partial charge in [0.15, 0.2) is 11.6 Å². The minimum atomic E-state index is -0.556. The number of allylic oxidation sites excluding steroid dienone is 2. The van der Waals surface area contributed by atoms with Gasteiger partial charge in [0.25, 0.3) is 5.91 Å². The van der Waals surface area contributed by atoms with Crippen LogP contribution >= 0.6 is 11.8 Å². The third-order valence-corrected chi connectivity index (χ3v) is 10.6. The van der Waals surface area contributed by atoms with Crippen molar-refractivity contribution in [2.24, 2.45) is 17.8 Å². The first-order valence-electron chi connectivity index (χ1n) is 15.6. The van der Waals surface area contributed by atoms with Crippen molar-refractivity contribution < 1.29 is 23.9 Å². The predicted octanol–water partition coefficient (Wildman–Crippen LogP) is 6.90. The standard InChI is InChI=1S/C35H43FN2O4S/c1-20-5-11-28(35(2,3)4)33(41)31(20)34(42)38-24-8-6-21(7-9-24)26-18-30(39)27-17-23(36)19-37-29(27)12-10-25(32(26)40)22-13-15-43-16-14-22/h5,11,17-19,21-22,24-25,41H,6-10,12-16H2,1-4H3,(H,38,42). The summed E-state index contributed by atoms with van der Waals surface area (Å²) < 4.78 is 14.1. The Balaban J connectivity index is 1.36. The molecule has 0 radical (unpaired) electrons. The van der Waals surface area contributed by atoms with Crippen molar-refractivity contribution in [3.63, 3.8) is 0 Å². The number of aromatic nitrogens is 1. The van der Waals surface area contributed by atoms with Gasteiger partial charge >= 0.3 is 0 Å². The molecule has 5 rings (SSSR count). The van der Waals surface area contributed by atoms with Gasteiger partial charge in [0.2, 0.25) is 0 Å². The van der Waals surface area contributed by atoms with E-state index in [4.69, 9.17) is 0 Å². The molecule has 2 N–H and O–H groups in total. The van der Waals surface area contributed by atoms with Gasteiger partial charge in [0, 0.05) is 28.7 Å². The number of phenols is 1. The molecule has 2 heterocycles. The molecule has 1 aromatic heterocycles. The number of hydrogen-bond acceptors (Lipinski definition) is 6. The Labute approximate surface area is 258 Å². The number of ketones is 2. The lowest BCUT2D eigenvalue weighted by Crippen LogP contribution is -2.39. The highest BCUT2D eigenvalue weighted by Crippen LogP contribution is 2.40. The van der Waals surface area contributed by atoms with E-state index in [2.05, 4.69) is 10.3 Å². The number of aryl methyl sites for hydroxylation is 2. The average molecular weight is 607 g/mol. The van der Waals surface area contributed by atoms with Crippen molar-refractivity contribution in [1.29, 1.82) is 0 Å². The number of benzene rings is 1. The lowest BCUT2D eigenvalue weighted by molar-refractivity contribution is -0.121. The van der Waals surface area contributed by atoms with E-state index < -0.39 is 5.82 Å². The molecule has 2 aliphatic carbocycles. The highest BCUT2D eigenvalue weighted by molar-refractivity contribution is 7.99. The van der Waals surface area contributed by atoms with E-state index in [-0.39, 0.29) is 58.0 Å². The normalized spacial score (nSPS) is 23.9. The molecule has 0 bridgehead atoms. The molecule has 1 amide bonds. The van der Waals surface area contributed by atoms with E-state index >= 15 is 0 Å². The Morgan fingerprint density at radius 2 is 1.74 bits per heavy atom. The second-order valence-electron chi connectivity index (χ2n) is 13.5. The Hall–Kier alpha value is -3.00. The monoisotopic (exact) mass is 606 g/mol. The van der Waals surface area contributed by atoms with Crippen LogP contribution in [0.1, 0.15) is 103 Å². The fourth-order valence-electron chi connectivity index (χ4n) is 7.08. The van der Waals surface area contributed by atoms with E-state index in [9.17, 15) is 23.9 Å². The van der Waals surface area contributed by atoms with Crippen LogP contribution in [0.4, 0.5) is 4.39 Å². The van der Waals surface area contributed by atoms with Crippen molar-refractivity contribution in [2.45, 2.75) is 90.5 Å². The molecule has 1 aliphatic heterocycles. The molecule has 1 unspecified atom stereocenters. The van der Waals surface area contributed by atoms with Crippen LogP contribution in [-0.2, 0) is 16.6 Å². The molecule has 1 saturated heterocycles. The van der Waals surface area contributed by atoms with Crippen LogP contribution in [-0.4, -0.2) is 45.1 Å². The highest BCUT2D eigenvalue weighted by atomic mass is 32.2. The number of nitrogens with one attached hydrogen (secondary N) is 1. The third kappa shape index (κ3) is 6.89. The summed E-state index contributed by atoms with van der Waals surface area (Å²) in [6.07, 6.45) is 8.29. The number of phenolic OH excluding ortho intramolecular Hbond substituents is 1. The fraction of sp³-hybridized carbons (Fsp3) is 0.543. The third-order valence-electron chi connectivity index (χ3n) is 9.56. The molecule has 1 aromatic carbocycles. The molecule has 6 nitrogen and oxygen atoms in total. The van der Waals surface area contributed by atoms with Crippen LogP contribution in [0.2, 0.25) is 0 Å². The zero-order valence-electron chi connectivity index (χ0n) is 25.7. The van der Waals surface area contributed by atoms with E-state index in [1.807, 2.05) is 51.6 Å². The SMILES string of the molecule is Cc1ccc(C(C)(C)C)c(O)c1C(=O)NC1CCC(C2=CC(=O)c3cc(F)cnc3CCC(C3CCSCC3)C2=O)CC1. The lowest BCUT2D eigenvalue weighted by Gasteiger charge is -2.34. The Bertz CT molecular complexity index is 1430. The zero-order chi connectivity index (χ0) is 30.9. The molecule has 3 aliphatic rings. The summed E-state index contributed by atoms with van der Waals surface area (Å²) in [5, 5.41) is 14.1. The van der Waals surface area contributed by atoms with E-state index in [0.29, 0.717) is 55.4 Å². The molecular weight excluding hydrogens is 563 g/mol. The van der Waals surface area contributed by atoms with Crippen LogP contribution in [0.15, 0.2) is 36.0 Å². The van der Waals surface area contributed by atoms with Crippen molar-refractivity contribution in [2.75, 3.05) is 11.5 Å². The summed E-state index contributed by atoms with van der Waals surface area (Å²) in [4.78, 5) is 45.3. The number of carbonyl (C=O) groups excluding carboxylic acids is 3. The maximum atomic E-state index is 14.2. The first kappa shape index (κ1) is 31.4. The summed E-state index contributed by atoms with van der Waals surface area (Å²) in [6, 6.07) is 4.89. The smallest absolute Gasteiger partial charge is 0.255 e. The number of fused-ring (bicyclic) bond motifs is 1. The molecule has 1 saturated carbocycles. The number of Topliss-reactive ketones (excluding diaryl/α,β-unsaturated/α-hetero) is 1. The van der Waals surface area contributed by atoms with Gasteiger partial charge in [-0.1, -0.05) is 32.9 Å². The van der Waals surface area contributed by atoms with Crippen molar-refractivity contribution in [3.8, 4) is 5.75 Å². The van der Waals surface area contributed by atoms with Crippen LogP contribution in [0.5, 0.6) is 5.75 Å². The number of pyridine rings is 1. The number of amides is 1. The largest absolute Gasteiger partial charge is 0.507 e. The number of aromatic hydroxyl groups is 1. The number of halogens is 1. The van der Waals surface area contributed by atoms with Gasteiger partial charge in [-0.15, -0.1) is 0 Å². The number of nitrogens with zero attached hydrogens (tertiary/aromatic N) is 1. The summed E-state index contributed by atoms with van der Waals surface area (Å²) in [5.74, 6) is 0.926. The quantitative estimate of drug-likeness (QED) is 0.393. The maximum absolute atomic E-state index is 14.2. The highest BCUT2D eigenvalue weighted by Gasteiger charge is 2.37. The van der Waals surface area contributed by atoms with E-state index in [1.54, 1.807) is 0 Å². The summed E-state index contributed by atoms with van der Waals surface area (Å²) in [7, 11) is 0. The summed E-state index contributed by atoms with van der Waals surface area (Å²) >= 11 is 1.92. The number of hydrogen-bond donors (Lipinski definition) is 2. The molecular formula is C35H43FN2O4S. The second-order valence-corrected chi connectivity index (χ2v) is 14.7. The summed E-state index contributed by atoms with van der Waals surface area (Å²) in [6.45, 7) is 7.83. The minimum Gasteiger partial charge on any atom is -0.507 e. The van der Waals surface area contributed by atoms with Crippen molar-refractivity contribution in [3.05, 3.63) is 69.8 Å². The molecule has 1 atom stereocenters. The van der Waals surface area contributed by atoms with Gasteiger partial charge in [-0.3, -0.25) is 19.4 Å². The van der Waals surface area contributed by atoms with Gasteiger partial charge in [-0.05, 0) is 105 Å². The number of rotatable bonds is 4. The molecule has 43 heavy (non-hydrogen) atoms. The zero-order valence-corrected chi connectivity index (χ0v) is 26.5. The molecule has 8 heteroatoms. The maximum Gasteiger partial charge on any atom is 0.255 e. The van der Waals surface area contributed by atoms with Crippen molar-refractivity contribution in [1.82, 2.24) is 10.3 Å². The van der Waals surface area contributed by atoms with E-state index in [1.165, 1.54) is 12.1 Å². The molecule has 230 valence electrons. The minimum absolute atomic E-state index is 0.0249. The second kappa shape index (κ2) is 12.9. The molecule has 2 fully saturated rings. The van der Waals surface area contributed by atoms with Crippen LogP contribution in [0.25, 0.3) is 0 Å². The fourth-order valence-corrected chi connectivity index (χ4v) is 8.23. The lowest BCUT2D eigenvalue weighted by atomic mass is 9.73. The van der Waals surface area contributed by atoms with Gasteiger partial charge in [0.05, 0.1) is 17.5 Å². The number of thioether (sulfide) groups is 1. The van der Waals surface area contributed by atoms with Crippen molar-refractivity contribution >= 4 is 29.2 Å².